The van der Waals surface area contributed by atoms with Gasteiger partial charge in [-0.3, -0.25) is 4.79 Å². The number of hydrogen-bond donors (Lipinski definition) is 6. The Kier molecular flexibility index (Phi) is 18.6. The van der Waals surface area contributed by atoms with Crippen molar-refractivity contribution < 1.29 is 40.2 Å². The van der Waals surface area contributed by atoms with Crippen LogP contribution in [0.5, 0.6) is 0 Å². The Bertz CT molecular complexity index is 121. The highest BCUT2D eigenvalue weighted by Gasteiger charge is 1.93. The zero-order valence-corrected chi connectivity index (χ0v) is 7.49. The summed E-state index contributed by atoms with van der Waals surface area (Å²) < 4.78 is 0. The lowest BCUT2D eigenvalue weighted by atomic mass is 10.4. The molecule has 8 nitrogen and oxygen atoms in total. The largest absolute Gasteiger partial charge is 0.503 e. The maximum atomic E-state index is 9.00. The van der Waals surface area contributed by atoms with Crippen molar-refractivity contribution in [2.45, 2.75) is 13.0 Å². The third-order valence-corrected chi connectivity index (χ3v) is 0.421. The number of carbonyl (C=O) groups is 2. The van der Waals surface area contributed by atoms with Gasteiger partial charge in [0.05, 0.1) is 13.2 Å². The van der Waals surface area contributed by atoms with Gasteiger partial charge in [-0.25, -0.2) is 4.79 Å². The number of carboxylic acids is 1. The summed E-state index contributed by atoms with van der Waals surface area (Å²) in [5.74, 6) is -0.833. The molecule has 0 aliphatic heterocycles. The predicted octanol–water partition coefficient (Wildman–Crippen LogP) is -1.35. The van der Waals surface area contributed by atoms with Gasteiger partial charge in [-0.1, -0.05) is 0 Å². The molecule has 0 atom stereocenters. The molecule has 0 aromatic rings. The van der Waals surface area contributed by atoms with E-state index in [-0.39, 0.29) is 13.2 Å². The molecule has 0 fully saturated rings. The highest BCUT2D eigenvalue weighted by atomic mass is 16.6. The van der Waals surface area contributed by atoms with Gasteiger partial charge in [-0.05, 0) is 0 Å². The lowest BCUT2D eigenvalue weighted by molar-refractivity contribution is -0.134. The van der Waals surface area contributed by atoms with E-state index < -0.39 is 18.2 Å². The molecule has 0 aromatic carbocycles. The van der Waals surface area contributed by atoms with Gasteiger partial charge in [0.2, 0.25) is 0 Å². The van der Waals surface area contributed by atoms with Gasteiger partial charge in [0.15, 0.2) is 0 Å². The van der Waals surface area contributed by atoms with E-state index >= 15 is 0 Å². The highest BCUT2D eigenvalue weighted by molar-refractivity contribution is 5.62. The van der Waals surface area contributed by atoms with Crippen molar-refractivity contribution in [1.29, 1.82) is 0 Å². The molecule has 0 unspecified atom stereocenters. The third kappa shape index (κ3) is 143. The normalized spacial score (nSPS) is 7.79. The minimum absolute atomic E-state index is 0.365. The van der Waals surface area contributed by atoms with E-state index in [1.165, 1.54) is 0 Å². The summed E-state index contributed by atoms with van der Waals surface area (Å²) in [5, 5.41) is 45.4. The summed E-state index contributed by atoms with van der Waals surface area (Å²) in [6, 6.07) is 0. The van der Waals surface area contributed by atoms with Crippen LogP contribution >= 0.6 is 0 Å². The Morgan fingerprint density at radius 1 is 1.07 bits per heavy atom. The SMILES string of the molecule is CC(=O)O.O=C(O)O.OCC(O)CO. The smallest absolute Gasteiger partial charge is 0.481 e. The molecule has 6 N–H and O–H groups in total. The first-order valence-corrected chi connectivity index (χ1v) is 3.29. The van der Waals surface area contributed by atoms with Gasteiger partial charge in [0, 0.05) is 6.92 Å². The second-order valence-electron chi connectivity index (χ2n) is 1.82. The van der Waals surface area contributed by atoms with Crippen LogP contribution in [0, 0.1) is 0 Å². The monoisotopic (exact) mass is 214 g/mol. The lowest BCUT2D eigenvalue weighted by Gasteiger charge is -1.96. The third-order valence-electron chi connectivity index (χ3n) is 0.421. The van der Waals surface area contributed by atoms with Crippen LogP contribution in [-0.4, -0.2) is 62.1 Å². The first kappa shape index (κ1) is 18.4. The van der Waals surface area contributed by atoms with Gasteiger partial charge < -0.3 is 30.6 Å². The van der Waals surface area contributed by atoms with Crippen LogP contribution in [0.1, 0.15) is 6.92 Å². The first-order chi connectivity index (χ1) is 6.27. The number of aliphatic carboxylic acids is 1. The van der Waals surface area contributed by atoms with E-state index in [1.807, 2.05) is 0 Å². The van der Waals surface area contributed by atoms with Crippen molar-refractivity contribution in [2.75, 3.05) is 13.2 Å². The van der Waals surface area contributed by atoms with Crippen LogP contribution in [-0.2, 0) is 4.79 Å². The summed E-state index contributed by atoms with van der Waals surface area (Å²) >= 11 is 0. The van der Waals surface area contributed by atoms with Gasteiger partial charge in [-0.15, -0.1) is 0 Å². The molecule has 0 aliphatic carbocycles. The van der Waals surface area contributed by atoms with Crippen molar-refractivity contribution in [3.63, 3.8) is 0 Å². The standard InChI is InChI=1S/C3H8O3.C2H4O2.CH2O3/c4-1-3(6)2-5;1-2(3)4;2-1(3)4/h3-6H,1-2H2;1H3,(H,3,4);(H2,2,3,4). The first-order valence-electron chi connectivity index (χ1n) is 3.29. The number of carboxylic acid groups (broad SMARTS) is 3. The van der Waals surface area contributed by atoms with Crippen LogP contribution in [0.15, 0.2) is 0 Å². The molecule has 86 valence electrons. The van der Waals surface area contributed by atoms with Gasteiger partial charge in [0.25, 0.3) is 5.97 Å². The maximum Gasteiger partial charge on any atom is 0.503 e. The van der Waals surface area contributed by atoms with Crippen molar-refractivity contribution >= 4 is 12.1 Å². The van der Waals surface area contributed by atoms with Crippen LogP contribution in [0.3, 0.4) is 0 Å². The number of rotatable bonds is 2. The molecule has 0 rings (SSSR count). The maximum absolute atomic E-state index is 9.00. The van der Waals surface area contributed by atoms with E-state index in [1.54, 1.807) is 0 Å². The van der Waals surface area contributed by atoms with Crippen molar-refractivity contribution in [1.82, 2.24) is 0 Å². The van der Waals surface area contributed by atoms with Gasteiger partial charge >= 0.3 is 6.16 Å². The van der Waals surface area contributed by atoms with Crippen LogP contribution in [0.25, 0.3) is 0 Å². The molecule has 0 saturated heterocycles. The molecule has 0 aromatic heterocycles. The van der Waals surface area contributed by atoms with Gasteiger partial charge in [0.1, 0.15) is 6.10 Å². The average molecular weight is 214 g/mol. The fourth-order valence-electron chi connectivity index (χ4n) is 0.0577. The van der Waals surface area contributed by atoms with Crippen molar-refractivity contribution in [2.24, 2.45) is 0 Å². The Balaban J connectivity index is -0.000000135. The summed E-state index contributed by atoms with van der Waals surface area (Å²) in [5.41, 5.74) is 0. The van der Waals surface area contributed by atoms with E-state index in [0.29, 0.717) is 0 Å². The fourth-order valence-corrected chi connectivity index (χ4v) is 0.0577. The molecule has 0 aliphatic rings. The zero-order chi connectivity index (χ0) is 12.1. The quantitative estimate of drug-likeness (QED) is 0.329. The topological polar surface area (TPSA) is 156 Å². The molecule has 0 radical (unpaired) electrons. The molecule has 0 heterocycles. The summed E-state index contributed by atoms with van der Waals surface area (Å²) in [7, 11) is 0. The second-order valence-corrected chi connectivity index (χ2v) is 1.82. The van der Waals surface area contributed by atoms with E-state index in [2.05, 4.69) is 0 Å². The summed E-state index contributed by atoms with van der Waals surface area (Å²) in [4.78, 5) is 17.6. The van der Waals surface area contributed by atoms with Crippen LogP contribution < -0.4 is 0 Å². The minimum Gasteiger partial charge on any atom is -0.481 e. The predicted molar refractivity (Wildman–Crippen MR) is 44.1 cm³/mol. The summed E-state index contributed by atoms with van der Waals surface area (Å²) in [6.45, 7) is 0.354. The second kappa shape index (κ2) is 14.2. The molecule has 14 heavy (non-hydrogen) atoms. The van der Waals surface area contributed by atoms with Gasteiger partial charge in [-0.2, -0.15) is 0 Å². The molecule has 0 saturated carbocycles. The van der Waals surface area contributed by atoms with Crippen LogP contribution in [0.2, 0.25) is 0 Å². The molecule has 0 spiro atoms. The lowest BCUT2D eigenvalue weighted by Crippen LogP contribution is -2.15. The fraction of sp³-hybridized carbons (Fsp3) is 0.667. The van der Waals surface area contributed by atoms with E-state index in [0.717, 1.165) is 6.92 Å². The molecule has 0 bridgehead atoms. The minimum atomic E-state index is -1.83. The number of hydrogen-bond acceptors (Lipinski definition) is 5. The Morgan fingerprint density at radius 3 is 1.21 bits per heavy atom. The Labute approximate surface area is 79.7 Å². The van der Waals surface area contributed by atoms with Crippen molar-refractivity contribution in [3.8, 4) is 0 Å². The Morgan fingerprint density at radius 2 is 1.21 bits per heavy atom. The number of aliphatic hydroxyl groups is 3. The molecular weight excluding hydrogens is 200 g/mol. The molecule has 0 amide bonds. The molecule has 8 heteroatoms. The van der Waals surface area contributed by atoms with E-state index in [9.17, 15) is 0 Å². The Hall–Kier alpha value is -1.38. The van der Waals surface area contributed by atoms with E-state index in [4.69, 9.17) is 40.2 Å². The number of aliphatic hydroxyl groups excluding tert-OH is 3. The summed E-state index contributed by atoms with van der Waals surface area (Å²) in [6.07, 6.45) is -2.79. The highest BCUT2D eigenvalue weighted by Crippen LogP contribution is 1.71. The average Bonchev–Trinajstić information content (AvgIpc) is 2.01. The van der Waals surface area contributed by atoms with Crippen LogP contribution in [0.4, 0.5) is 4.79 Å². The van der Waals surface area contributed by atoms with Crippen molar-refractivity contribution in [3.05, 3.63) is 0 Å². The zero-order valence-electron chi connectivity index (χ0n) is 7.49. The molecular formula is C6H14O8.